The number of benzene rings is 2. The fourth-order valence-electron chi connectivity index (χ4n) is 2.23. The SMILES string of the molecule is CCc1cccc(Nc2ncnc(Nc3ccc(C)c(O)c3)n2)c1. The number of phenolic OH excluding ortho intramolecular Hbond substituents is 1. The van der Waals surface area contributed by atoms with Crippen LogP contribution in [0.4, 0.5) is 23.3 Å². The normalized spacial score (nSPS) is 10.4. The first-order valence-corrected chi connectivity index (χ1v) is 7.75. The van der Waals surface area contributed by atoms with Crippen molar-refractivity contribution >= 4 is 23.3 Å². The number of rotatable bonds is 5. The van der Waals surface area contributed by atoms with Crippen molar-refractivity contribution in [1.29, 1.82) is 0 Å². The minimum atomic E-state index is 0.226. The fourth-order valence-corrected chi connectivity index (χ4v) is 2.23. The molecule has 0 amide bonds. The molecule has 24 heavy (non-hydrogen) atoms. The summed E-state index contributed by atoms with van der Waals surface area (Å²) in [5.74, 6) is 1.09. The van der Waals surface area contributed by atoms with Crippen molar-refractivity contribution in [3.63, 3.8) is 0 Å². The molecule has 1 heterocycles. The van der Waals surface area contributed by atoms with Crippen LogP contribution in [0.15, 0.2) is 48.8 Å². The van der Waals surface area contributed by atoms with Gasteiger partial charge in [0.25, 0.3) is 0 Å². The molecule has 0 saturated carbocycles. The zero-order chi connectivity index (χ0) is 16.9. The van der Waals surface area contributed by atoms with E-state index in [-0.39, 0.29) is 5.75 Å². The molecule has 3 rings (SSSR count). The Labute approximate surface area is 140 Å². The number of phenols is 1. The third kappa shape index (κ3) is 3.78. The first-order chi connectivity index (χ1) is 11.6. The van der Waals surface area contributed by atoms with Crippen LogP contribution < -0.4 is 10.6 Å². The Morgan fingerprint density at radius 1 is 0.958 bits per heavy atom. The molecule has 0 aliphatic carbocycles. The highest BCUT2D eigenvalue weighted by molar-refractivity contribution is 5.59. The van der Waals surface area contributed by atoms with Crippen LogP contribution in [-0.4, -0.2) is 20.1 Å². The van der Waals surface area contributed by atoms with Crippen molar-refractivity contribution < 1.29 is 5.11 Å². The predicted molar refractivity (Wildman–Crippen MR) is 95.1 cm³/mol. The first-order valence-electron chi connectivity index (χ1n) is 7.75. The van der Waals surface area contributed by atoms with Crippen LogP contribution in [0, 0.1) is 6.92 Å². The van der Waals surface area contributed by atoms with Crippen LogP contribution in [-0.2, 0) is 6.42 Å². The van der Waals surface area contributed by atoms with E-state index in [0.29, 0.717) is 17.6 Å². The molecule has 0 unspecified atom stereocenters. The van der Waals surface area contributed by atoms with Gasteiger partial charge >= 0.3 is 0 Å². The Morgan fingerprint density at radius 3 is 2.33 bits per heavy atom. The zero-order valence-corrected chi connectivity index (χ0v) is 13.6. The average Bonchev–Trinajstić information content (AvgIpc) is 2.59. The van der Waals surface area contributed by atoms with Crippen molar-refractivity contribution in [3.8, 4) is 5.75 Å². The highest BCUT2D eigenvalue weighted by Crippen LogP contribution is 2.23. The summed E-state index contributed by atoms with van der Waals surface area (Å²) >= 11 is 0. The molecular weight excluding hydrogens is 302 g/mol. The average molecular weight is 321 g/mol. The van der Waals surface area contributed by atoms with Crippen molar-refractivity contribution in [2.24, 2.45) is 0 Å². The summed E-state index contributed by atoms with van der Waals surface area (Å²) < 4.78 is 0. The maximum Gasteiger partial charge on any atom is 0.232 e. The Balaban J connectivity index is 1.77. The van der Waals surface area contributed by atoms with Crippen LogP contribution >= 0.6 is 0 Å². The minimum Gasteiger partial charge on any atom is -0.508 e. The summed E-state index contributed by atoms with van der Waals surface area (Å²) in [4.78, 5) is 12.6. The molecule has 6 heteroatoms. The van der Waals surface area contributed by atoms with Crippen molar-refractivity contribution in [2.45, 2.75) is 20.3 Å². The summed E-state index contributed by atoms with van der Waals surface area (Å²) in [5, 5.41) is 16.0. The molecular formula is C18H19N5O. The lowest BCUT2D eigenvalue weighted by Crippen LogP contribution is -2.03. The quantitative estimate of drug-likeness (QED) is 0.660. The third-order valence-corrected chi connectivity index (χ3v) is 3.63. The molecule has 6 nitrogen and oxygen atoms in total. The molecule has 3 aromatic rings. The highest BCUT2D eigenvalue weighted by Gasteiger charge is 2.04. The standard InChI is InChI=1S/C18H19N5O/c1-3-13-5-4-6-14(9-13)21-17-19-11-20-18(23-17)22-15-8-7-12(2)16(24)10-15/h4-11,24H,3H2,1-2H3,(H2,19,20,21,22,23). The van der Waals surface area contributed by atoms with E-state index in [0.717, 1.165) is 17.7 Å². The molecule has 0 bridgehead atoms. The second kappa shape index (κ2) is 6.95. The summed E-state index contributed by atoms with van der Waals surface area (Å²) in [5.41, 5.74) is 3.69. The van der Waals surface area contributed by atoms with Crippen LogP contribution in [0.2, 0.25) is 0 Å². The summed E-state index contributed by atoms with van der Waals surface area (Å²) in [6.07, 6.45) is 2.41. The largest absolute Gasteiger partial charge is 0.508 e. The zero-order valence-electron chi connectivity index (χ0n) is 13.6. The van der Waals surface area contributed by atoms with Gasteiger partial charge in [0.15, 0.2) is 0 Å². The number of aryl methyl sites for hydroxylation is 2. The van der Waals surface area contributed by atoms with E-state index < -0.39 is 0 Å². The molecule has 0 aliphatic rings. The smallest absolute Gasteiger partial charge is 0.232 e. The van der Waals surface area contributed by atoms with E-state index in [9.17, 15) is 5.11 Å². The maximum atomic E-state index is 9.77. The van der Waals surface area contributed by atoms with E-state index in [4.69, 9.17) is 0 Å². The number of nitrogens with zero attached hydrogens (tertiary/aromatic N) is 3. The first kappa shape index (κ1) is 15.7. The molecule has 122 valence electrons. The van der Waals surface area contributed by atoms with Gasteiger partial charge in [-0.2, -0.15) is 4.98 Å². The summed E-state index contributed by atoms with van der Waals surface area (Å²) in [6, 6.07) is 13.4. The van der Waals surface area contributed by atoms with Crippen LogP contribution in [0.5, 0.6) is 5.75 Å². The van der Waals surface area contributed by atoms with Gasteiger partial charge in [-0.05, 0) is 42.7 Å². The summed E-state index contributed by atoms with van der Waals surface area (Å²) in [6.45, 7) is 3.95. The van der Waals surface area contributed by atoms with Gasteiger partial charge in [0.05, 0.1) is 0 Å². The Hall–Kier alpha value is -3.15. The molecule has 0 spiro atoms. The minimum absolute atomic E-state index is 0.226. The highest BCUT2D eigenvalue weighted by atomic mass is 16.3. The molecule has 0 fully saturated rings. The summed E-state index contributed by atoms with van der Waals surface area (Å²) in [7, 11) is 0. The molecule has 3 N–H and O–H groups in total. The number of aromatic hydroxyl groups is 1. The monoisotopic (exact) mass is 321 g/mol. The Morgan fingerprint density at radius 2 is 1.67 bits per heavy atom. The van der Waals surface area contributed by atoms with Gasteiger partial charge in [-0.1, -0.05) is 25.1 Å². The lowest BCUT2D eigenvalue weighted by Gasteiger charge is -2.09. The van der Waals surface area contributed by atoms with Gasteiger partial charge < -0.3 is 15.7 Å². The van der Waals surface area contributed by atoms with E-state index in [2.05, 4.69) is 44.6 Å². The Bertz CT molecular complexity index is 850. The van der Waals surface area contributed by atoms with Gasteiger partial charge in [0.1, 0.15) is 12.1 Å². The lowest BCUT2D eigenvalue weighted by atomic mass is 10.1. The molecule has 0 radical (unpaired) electrons. The topological polar surface area (TPSA) is 83.0 Å². The van der Waals surface area contributed by atoms with Crippen molar-refractivity contribution in [2.75, 3.05) is 10.6 Å². The fraction of sp³-hybridized carbons (Fsp3) is 0.167. The molecule has 0 saturated heterocycles. The predicted octanol–water partition coefficient (Wildman–Crippen LogP) is 3.94. The van der Waals surface area contributed by atoms with E-state index in [1.54, 1.807) is 6.07 Å². The number of anilines is 4. The van der Waals surface area contributed by atoms with Gasteiger partial charge in [0, 0.05) is 17.4 Å². The maximum absolute atomic E-state index is 9.77. The number of nitrogens with one attached hydrogen (secondary N) is 2. The Kier molecular flexibility index (Phi) is 4.56. The van der Waals surface area contributed by atoms with E-state index in [1.807, 2.05) is 31.2 Å². The third-order valence-electron chi connectivity index (χ3n) is 3.63. The molecule has 0 aliphatic heterocycles. The number of hydrogen-bond acceptors (Lipinski definition) is 6. The molecule has 0 atom stereocenters. The lowest BCUT2D eigenvalue weighted by molar-refractivity contribution is 0.471. The van der Waals surface area contributed by atoms with Gasteiger partial charge in [0.2, 0.25) is 11.9 Å². The van der Waals surface area contributed by atoms with Crippen LogP contribution in [0.3, 0.4) is 0 Å². The van der Waals surface area contributed by atoms with Crippen molar-refractivity contribution in [1.82, 2.24) is 15.0 Å². The van der Waals surface area contributed by atoms with Gasteiger partial charge in [-0.15, -0.1) is 0 Å². The van der Waals surface area contributed by atoms with Crippen LogP contribution in [0.25, 0.3) is 0 Å². The molecule has 2 aromatic carbocycles. The van der Waals surface area contributed by atoms with E-state index >= 15 is 0 Å². The second-order valence-electron chi connectivity index (χ2n) is 5.44. The van der Waals surface area contributed by atoms with Crippen molar-refractivity contribution in [3.05, 3.63) is 59.9 Å². The number of aromatic nitrogens is 3. The van der Waals surface area contributed by atoms with Gasteiger partial charge in [-0.3, -0.25) is 0 Å². The second-order valence-corrected chi connectivity index (χ2v) is 5.44. The molecule has 1 aromatic heterocycles. The van der Waals surface area contributed by atoms with E-state index in [1.165, 1.54) is 11.9 Å². The van der Waals surface area contributed by atoms with Gasteiger partial charge in [-0.25, -0.2) is 9.97 Å². The number of hydrogen-bond donors (Lipinski definition) is 3. The van der Waals surface area contributed by atoms with Crippen LogP contribution in [0.1, 0.15) is 18.1 Å².